The topological polar surface area (TPSA) is 20.2 Å². The molecule has 0 radical (unpaired) electrons. The van der Waals surface area contributed by atoms with E-state index < -0.39 is 6.10 Å². The molecule has 1 nitrogen and oxygen atoms in total. The molecule has 0 fully saturated rings. The number of benzene rings is 1. The number of hydrogen-bond donors (Lipinski definition) is 1. The van der Waals surface area contributed by atoms with E-state index in [9.17, 15) is 9.50 Å². The van der Waals surface area contributed by atoms with Gasteiger partial charge in [0.2, 0.25) is 0 Å². The third-order valence-electron chi connectivity index (χ3n) is 2.39. The van der Waals surface area contributed by atoms with Gasteiger partial charge in [-0.05, 0) is 42.7 Å². The molecule has 0 spiro atoms. The maximum absolute atomic E-state index is 13.6. The summed E-state index contributed by atoms with van der Waals surface area (Å²) in [4.78, 5) is 0.671. The number of hydrogen-bond acceptors (Lipinski definition) is 2. The van der Waals surface area contributed by atoms with Crippen LogP contribution in [-0.2, 0) is 0 Å². The van der Waals surface area contributed by atoms with Gasteiger partial charge in [-0.2, -0.15) is 0 Å². The molecule has 0 aliphatic carbocycles. The molecule has 90 valence electrons. The van der Waals surface area contributed by atoms with Gasteiger partial charge in [-0.1, -0.05) is 19.9 Å². The van der Waals surface area contributed by atoms with Gasteiger partial charge in [0.1, 0.15) is 5.82 Å². The average Bonchev–Trinajstić information content (AvgIpc) is 2.19. The second-order valence-corrected chi connectivity index (χ2v) is 5.53. The first kappa shape index (κ1) is 13.5. The third-order valence-corrected chi connectivity index (χ3v) is 3.47. The molecular formula is C13H19FOS. The van der Waals surface area contributed by atoms with E-state index in [0.29, 0.717) is 16.4 Å². The van der Waals surface area contributed by atoms with E-state index in [4.69, 9.17) is 0 Å². The lowest BCUT2D eigenvalue weighted by atomic mass is 10.1. The van der Waals surface area contributed by atoms with Gasteiger partial charge in [-0.25, -0.2) is 4.39 Å². The van der Waals surface area contributed by atoms with Gasteiger partial charge in [0.05, 0.1) is 6.10 Å². The van der Waals surface area contributed by atoms with Crippen molar-refractivity contribution in [1.29, 1.82) is 0 Å². The molecule has 16 heavy (non-hydrogen) atoms. The first-order chi connectivity index (χ1) is 7.50. The molecular weight excluding hydrogens is 223 g/mol. The highest BCUT2D eigenvalue weighted by atomic mass is 32.2. The van der Waals surface area contributed by atoms with Gasteiger partial charge < -0.3 is 5.11 Å². The summed E-state index contributed by atoms with van der Waals surface area (Å²) in [6.45, 7) is 5.96. The monoisotopic (exact) mass is 242 g/mol. The average molecular weight is 242 g/mol. The Morgan fingerprint density at radius 2 is 2.00 bits per heavy atom. The van der Waals surface area contributed by atoms with Gasteiger partial charge in [-0.15, -0.1) is 11.8 Å². The Balaban J connectivity index is 2.61. The van der Waals surface area contributed by atoms with Crippen molar-refractivity contribution in [2.24, 2.45) is 5.92 Å². The standard InChI is InChI=1S/C13H19FOS/c1-9(2)6-7-16-13-5-4-11(10(3)15)8-12(13)14/h4-5,8-10,15H,6-7H2,1-3H3. The van der Waals surface area contributed by atoms with Crippen LogP contribution >= 0.6 is 11.8 Å². The molecule has 1 atom stereocenters. The molecule has 1 unspecified atom stereocenters. The van der Waals surface area contributed by atoms with Gasteiger partial charge in [0.25, 0.3) is 0 Å². The van der Waals surface area contributed by atoms with Crippen LogP contribution in [0, 0.1) is 11.7 Å². The molecule has 1 rings (SSSR count). The van der Waals surface area contributed by atoms with Crippen LogP contribution in [0.5, 0.6) is 0 Å². The predicted octanol–water partition coefficient (Wildman–Crippen LogP) is 4.02. The van der Waals surface area contributed by atoms with Crippen LogP contribution in [0.2, 0.25) is 0 Å². The van der Waals surface area contributed by atoms with Crippen molar-refractivity contribution in [3.63, 3.8) is 0 Å². The Hall–Kier alpha value is -0.540. The van der Waals surface area contributed by atoms with Crippen molar-refractivity contribution in [2.45, 2.75) is 38.2 Å². The van der Waals surface area contributed by atoms with Gasteiger partial charge in [0.15, 0.2) is 0 Å². The zero-order valence-electron chi connectivity index (χ0n) is 10.0. The quantitative estimate of drug-likeness (QED) is 0.787. The van der Waals surface area contributed by atoms with Crippen molar-refractivity contribution in [3.8, 4) is 0 Å². The molecule has 0 aliphatic heterocycles. The number of rotatable bonds is 5. The Kier molecular flexibility index (Phi) is 5.29. The highest BCUT2D eigenvalue weighted by Crippen LogP contribution is 2.26. The SMILES string of the molecule is CC(C)CCSc1ccc(C(C)O)cc1F. The number of aliphatic hydroxyl groups excluding tert-OH is 1. The van der Waals surface area contributed by atoms with Crippen LogP contribution in [0.25, 0.3) is 0 Å². The summed E-state index contributed by atoms with van der Waals surface area (Å²) >= 11 is 1.54. The molecule has 0 heterocycles. The van der Waals surface area contributed by atoms with Crippen LogP contribution in [0.3, 0.4) is 0 Å². The van der Waals surface area contributed by atoms with Crippen LogP contribution in [0.4, 0.5) is 4.39 Å². The molecule has 0 saturated heterocycles. The lowest BCUT2D eigenvalue weighted by Gasteiger charge is -2.08. The van der Waals surface area contributed by atoms with Crippen LogP contribution in [0.15, 0.2) is 23.1 Å². The fourth-order valence-electron chi connectivity index (χ4n) is 1.30. The third kappa shape index (κ3) is 4.14. The van der Waals surface area contributed by atoms with Crippen molar-refractivity contribution < 1.29 is 9.50 Å². The van der Waals surface area contributed by atoms with E-state index in [2.05, 4.69) is 13.8 Å². The van der Waals surface area contributed by atoms with Gasteiger partial charge >= 0.3 is 0 Å². The summed E-state index contributed by atoms with van der Waals surface area (Å²) in [5.41, 5.74) is 0.630. The summed E-state index contributed by atoms with van der Waals surface area (Å²) in [5, 5.41) is 9.31. The highest BCUT2D eigenvalue weighted by molar-refractivity contribution is 7.99. The van der Waals surface area contributed by atoms with E-state index in [0.717, 1.165) is 12.2 Å². The van der Waals surface area contributed by atoms with Crippen molar-refractivity contribution in [3.05, 3.63) is 29.6 Å². The zero-order valence-corrected chi connectivity index (χ0v) is 10.9. The number of aliphatic hydroxyl groups is 1. The Bertz CT molecular complexity index is 337. The minimum absolute atomic E-state index is 0.229. The molecule has 0 aliphatic rings. The minimum atomic E-state index is -0.607. The summed E-state index contributed by atoms with van der Waals surface area (Å²) in [7, 11) is 0. The summed E-state index contributed by atoms with van der Waals surface area (Å²) < 4.78 is 13.6. The fraction of sp³-hybridized carbons (Fsp3) is 0.538. The molecule has 0 aromatic heterocycles. The van der Waals surface area contributed by atoms with Gasteiger partial charge in [-0.3, -0.25) is 0 Å². The van der Waals surface area contributed by atoms with Crippen molar-refractivity contribution >= 4 is 11.8 Å². The smallest absolute Gasteiger partial charge is 0.137 e. The van der Waals surface area contributed by atoms with Crippen molar-refractivity contribution in [1.82, 2.24) is 0 Å². The molecule has 0 saturated carbocycles. The molecule has 1 N–H and O–H groups in total. The molecule has 0 amide bonds. The Morgan fingerprint density at radius 3 is 2.50 bits per heavy atom. The van der Waals surface area contributed by atoms with E-state index >= 15 is 0 Å². The molecule has 1 aromatic carbocycles. The molecule has 3 heteroatoms. The summed E-state index contributed by atoms with van der Waals surface area (Å²) in [5.74, 6) is 1.35. The van der Waals surface area contributed by atoms with Crippen LogP contribution in [0.1, 0.15) is 38.9 Å². The normalized spacial score (nSPS) is 13.1. The van der Waals surface area contributed by atoms with Crippen LogP contribution in [-0.4, -0.2) is 10.9 Å². The van der Waals surface area contributed by atoms with E-state index in [1.807, 2.05) is 0 Å². The first-order valence-corrected chi connectivity index (χ1v) is 6.59. The van der Waals surface area contributed by atoms with E-state index in [1.165, 1.54) is 17.8 Å². The summed E-state index contributed by atoms with van der Waals surface area (Å²) in [6, 6.07) is 4.95. The lowest BCUT2D eigenvalue weighted by molar-refractivity contribution is 0.198. The van der Waals surface area contributed by atoms with E-state index in [1.54, 1.807) is 19.1 Å². The zero-order chi connectivity index (χ0) is 12.1. The maximum atomic E-state index is 13.6. The number of halogens is 1. The molecule has 1 aromatic rings. The Morgan fingerprint density at radius 1 is 1.31 bits per heavy atom. The highest BCUT2D eigenvalue weighted by Gasteiger charge is 2.07. The summed E-state index contributed by atoms with van der Waals surface area (Å²) in [6.07, 6.45) is 0.478. The van der Waals surface area contributed by atoms with Gasteiger partial charge in [0, 0.05) is 4.90 Å². The second-order valence-electron chi connectivity index (χ2n) is 4.40. The largest absolute Gasteiger partial charge is 0.389 e. The molecule has 0 bridgehead atoms. The second kappa shape index (κ2) is 6.26. The maximum Gasteiger partial charge on any atom is 0.137 e. The lowest BCUT2D eigenvalue weighted by Crippen LogP contribution is -1.94. The van der Waals surface area contributed by atoms with Crippen LogP contribution < -0.4 is 0 Å². The minimum Gasteiger partial charge on any atom is -0.389 e. The van der Waals surface area contributed by atoms with E-state index in [-0.39, 0.29) is 5.82 Å². The Labute approximate surface area is 101 Å². The first-order valence-electron chi connectivity index (χ1n) is 5.61. The fourth-order valence-corrected chi connectivity index (χ4v) is 2.47. The predicted molar refractivity (Wildman–Crippen MR) is 67.2 cm³/mol. The van der Waals surface area contributed by atoms with Crippen molar-refractivity contribution in [2.75, 3.05) is 5.75 Å². The number of thioether (sulfide) groups is 1.